The molecule has 0 fully saturated rings. The first-order chi connectivity index (χ1) is 23.7. The van der Waals surface area contributed by atoms with E-state index in [1.165, 1.54) is 10.8 Å². The van der Waals surface area contributed by atoms with Crippen molar-refractivity contribution < 1.29 is 0 Å². The van der Waals surface area contributed by atoms with Crippen LogP contribution in [0.1, 0.15) is 5.56 Å². The number of nitrogens with zero attached hydrogens (tertiary/aromatic N) is 4. The predicted molar refractivity (Wildman–Crippen MR) is 197 cm³/mol. The highest BCUT2D eigenvalue weighted by atomic mass is 15.0. The summed E-state index contributed by atoms with van der Waals surface area (Å²) in [7, 11) is 0. The molecule has 0 saturated carbocycles. The van der Waals surface area contributed by atoms with Crippen molar-refractivity contribution in [1.82, 2.24) is 9.13 Å². The second kappa shape index (κ2) is 10.9. The molecule has 9 rings (SSSR count). The Labute approximate surface area is 277 Å². The number of fused-ring (bicyclic) bond motifs is 6. The second-order valence-electron chi connectivity index (χ2n) is 12.0. The first-order valence-electron chi connectivity index (χ1n) is 15.9. The molecule has 0 aliphatic heterocycles. The van der Waals surface area contributed by atoms with Gasteiger partial charge in [-0.3, -0.25) is 0 Å². The molecule has 0 aliphatic rings. The summed E-state index contributed by atoms with van der Waals surface area (Å²) in [6, 6.07) is 56.6. The Kier molecular flexibility index (Phi) is 6.22. The molecule has 0 bridgehead atoms. The number of rotatable bonds is 4. The Hall–Kier alpha value is -6.88. The van der Waals surface area contributed by atoms with Gasteiger partial charge < -0.3 is 9.13 Å². The van der Waals surface area contributed by atoms with Crippen LogP contribution in [-0.2, 0) is 0 Å². The molecule has 0 saturated heterocycles. The third-order valence-electron chi connectivity index (χ3n) is 9.37. The van der Waals surface area contributed by atoms with Crippen molar-refractivity contribution in [1.29, 1.82) is 5.26 Å². The van der Waals surface area contributed by atoms with E-state index in [9.17, 15) is 5.26 Å². The monoisotopic (exact) mass is 610 g/mol. The normalized spacial score (nSPS) is 11.3. The van der Waals surface area contributed by atoms with Crippen LogP contribution in [0.15, 0.2) is 158 Å². The zero-order valence-electron chi connectivity index (χ0n) is 25.8. The fraction of sp³-hybridized carbons (Fsp3) is 0. The number of aromatic nitrogens is 2. The minimum atomic E-state index is 0.569. The zero-order valence-corrected chi connectivity index (χ0v) is 25.8. The summed E-state index contributed by atoms with van der Waals surface area (Å²) in [5.74, 6) is 0. The minimum absolute atomic E-state index is 0.569. The fourth-order valence-electron chi connectivity index (χ4n) is 7.29. The molecule has 222 valence electrons. The van der Waals surface area contributed by atoms with Crippen LogP contribution < -0.4 is 0 Å². The standard InChI is InChI=1S/C44H26N4/c1-46-31-22-24-38(44(27-31)48-42-19-8-4-15-36(42)37-16-5-9-20-43(37)48)33-23-21-29(28-45)25-39(33)30-11-10-12-32(26-30)47-40-17-6-2-13-34(40)35-14-3-7-18-41(35)47/h2-27H. The molecule has 0 aliphatic carbocycles. The van der Waals surface area contributed by atoms with Crippen LogP contribution in [-0.4, -0.2) is 9.13 Å². The van der Waals surface area contributed by atoms with Gasteiger partial charge in [-0.2, -0.15) is 5.26 Å². The van der Waals surface area contributed by atoms with Gasteiger partial charge in [0.25, 0.3) is 0 Å². The molecule has 2 heterocycles. The molecule has 4 nitrogen and oxygen atoms in total. The summed E-state index contributed by atoms with van der Waals surface area (Å²) in [5, 5.41) is 14.8. The molecule has 9 aromatic rings. The first kappa shape index (κ1) is 27.4. The maximum Gasteiger partial charge on any atom is 0.189 e. The largest absolute Gasteiger partial charge is 0.310 e. The van der Waals surface area contributed by atoms with Crippen LogP contribution in [0.25, 0.3) is 82.1 Å². The summed E-state index contributed by atoms with van der Waals surface area (Å²) in [5.41, 5.74) is 11.5. The lowest BCUT2D eigenvalue weighted by atomic mass is 9.91. The molecule has 0 radical (unpaired) electrons. The lowest BCUT2D eigenvalue weighted by Crippen LogP contribution is -1.99. The van der Waals surface area contributed by atoms with Crippen LogP contribution >= 0.6 is 0 Å². The number of hydrogen-bond acceptors (Lipinski definition) is 1. The Morgan fingerprint density at radius 1 is 0.479 bits per heavy atom. The van der Waals surface area contributed by atoms with Crippen molar-refractivity contribution in [2.45, 2.75) is 0 Å². The van der Waals surface area contributed by atoms with Gasteiger partial charge in [0.1, 0.15) is 0 Å². The summed E-state index contributed by atoms with van der Waals surface area (Å²) >= 11 is 0. The third kappa shape index (κ3) is 4.14. The highest BCUT2D eigenvalue weighted by Gasteiger charge is 2.19. The summed E-state index contributed by atoms with van der Waals surface area (Å²) in [6.07, 6.45) is 0. The minimum Gasteiger partial charge on any atom is -0.310 e. The van der Waals surface area contributed by atoms with E-state index >= 15 is 0 Å². The molecular weight excluding hydrogens is 585 g/mol. The number of hydrogen-bond donors (Lipinski definition) is 0. The Morgan fingerprint density at radius 2 is 1.02 bits per heavy atom. The molecule has 7 aromatic carbocycles. The molecule has 2 aromatic heterocycles. The molecule has 0 amide bonds. The summed E-state index contributed by atoms with van der Waals surface area (Å²) < 4.78 is 4.58. The maximum atomic E-state index is 10.0. The molecule has 0 unspecified atom stereocenters. The Morgan fingerprint density at radius 3 is 1.58 bits per heavy atom. The van der Waals surface area contributed by atoms with Gasteiger partial charge in [-0.15, -0.1) is 0 Å². The van der Waals surface area contributed by atoms with Crippen molar-refractivity contribution in [2.75, 3.05) is 0 Å². The molecular formula is C44H26N4. The quantitative estimate of drug-likeness (QED) is 0.183. The van der Waals surface area contributed by atoms with Gasteiger partial charge in [0.05, 0.1) is 40.3 Å². The Bertz CT molecular complexity index is 2710. The van der Waals surface area contributed by atoms with E-state index in [-0.39, 0.29) is 0 Å². The Balaban J connectivity index is 1.31. The van der Waals surface area contributed by atoms with Crippen molar-refractivity contribution in [2.24, 2.45) is 0 Å². The molecule has 0 N–H and O–H groups in total. The maximum absolute atomic E-state index is 10.0. The van der Waals surface area contributed by atoms with E-state index in [2.05, 4.69) is 141 Å². The third-order valence-corrected chi connectivity index (χ3v) is 9.37. The van der Waals surface area contributed by atoms with Gasteiger partial charge in [-0.25, -0.2) is 4.85 Å². The van der Waals surface area contributed by atoms with Crippen LogP contribution in [0.2, 0.25) is 0 Å². The van der Waals surface area contributed by atoms with Gasteiger partial charge in [-0.1, -0.05) is 103 Å². The zero-order chi connectivity index (χ0) is 32.2. The smallest absolute Gasteiger partial charge is 0.189 e. The lowest BCUT2D eigenvalue weighted by molar-refractivity contribution is 1.18. The average molecular weight is 611 g/mol. The van der Waals surface area contributed by atoms with E-state index in [0.29, 0.717) is 11.3 Å². The number of nitriles is 1. The van der Waals surface area contributed by atoms with E-state index in [4.69, 9.17) is 6.57 Å². The lowest BCUT2D eigenvalue weighted by Gasteiger charge is -2.18. The number of benzene rings is 7. The highest BCUT2D eigenvalue weighted by molar-refractivity contribution is 6.11. The molecule has 48 heavy (non-hydrogen) atoms. The SMILES string of the molecule is [C-]#[N+]c1ccc(-c2ccc(C#N)cc2-c2cccc(-n3c4ccccc4c4ccccc43)c2)c(-n2c3ccccc3c3ccccc32)c1. The van der Waals surface area contributed by atoms with Crippen molar-refractivity contribution in [3.05, 3.63) is 175 Å². The van der Waals surface area contributed by atoms with Gasteiger partial charge in [0.15, 0.2) is 5.69 Å². The van der Waals surface area contributed by atoms with E-state index in [0.717, 1.165) is 66.5 Å². The fourth-order valence-corrected chi connectivity index (χ4v) is 7.29. The molecule has 0 atom stereocenters. The van der Waals surface area contributed by atoms with Crippen LogP contribution in [0.3, 0.4) is 0 Å². The summed E-state index contributed by atoms with van der Waals surface area (Å²) in [6.45, 7) is 7.88. The van der Waals surface area contributed by atoms with Crippen molar-refractivity contribution >= 4 is 49.3 Å². The number of para-hydroxylation sites is 4. The second-order valence-corrected chi connectivity index (χ2v) is 12.0. The summed E-state index contributed by atoms with van der Waals surface area (Å²) in [4.78, 5) is 3.82. The van der Waals surface area contributed by atoms with Gasteiger partial charge in [0.2, 0.25) is 0 Å². The van der Waals surface area contributed by atoms with Gasteiger partial charge in [0, 0.05) is 38.5 Å². The van der Waals surface area contributed by atoms with E-state index in [1.54, 1.807) is 0 Å². The van der Waals surface area contributed by atoms with Crippen molar-refractivity contribution in [3.8, 4) is 39.7 Å². The van der Waals surface area contributed by atoms with E-state index in [1.807, 2.05) is 36.4 Å². The van der Waals surface area contributed by atoms with Crippen molar-refractivity contribution in [3.63, 3.8) is 0 Å². The predicted octanol–water partition coefficient (Wildman–Crippen LogP) is 11.6. The van der Waals surface area contributed by atoms with Gasteiger partial charge in [-0.05, 0) is 71.3 Å². The van der Waals surface area contributed by atoms with Crippen LogP contribution in [0.4, 0.5) is 5.69 Å². The first-order valence-corrected chi connectivity index (χ1v) is 15.9. The van der Waals surface area contributed by atoms with Gasteiger partial charge >= 0.3 is 0 Å². The highest BCUT2D eigenvalue weighted by Crippen LogP contribution is 2.42. The van der Waals surface area contributed by atoms with Crippen LogP contribution in [0.5, 0.6) is 0 Å². The van der Waals surface area contributed by atoms with Crippen LogP contribution in [0, 0.1) is 17.9 Å². The molecule has 0 spiro atoms. The topological polar surface area (TPSA) is 38.0 Å². The van der Waals surface area contributed by atoms with E-state index < -0.39 is 0 Å². The average Bonchev–Trinajstić information content (AvgIpc) is 3.67. The molecule has 4 heteroatoms.